The number of methoxy groups -OCH3 is 1. The number of carbonyl (C=O) groups is 3. The molecule has 23 heavy (non-hydrogen) atoms. The van der Waals surface area contributed by atoms with Crippen molar-refractivity contribution in [2.45, 2.75) is 13.3 Å². The summed E-state index contributed by atoms with van der Waals surface area (Å²) in [7, 11) is 1.40. The second-order valence-corrected chi connectivity index (χ2v) is 4.98. The van der Waals surface area contributed by atoms with Gasteiger partial charge in [-0.1, -0.05) is 18.5 Å². The molecule has 0 unspecified atom stereocenters. The van der Waals surface area contributed by atoms with Crippen molar-refractivity contribution >= 4 is 29.4 Å². The predicted octanol–water partition coefficient (Wildman–Crippen LogP) is 1.15. The third-order valence-corrected chi connectivity index (χ3v) is 2.97. The number of nitrogens with one attached hydrogen (secondary N) is 2. The summed E-state index contributed by atoms with van der Waals surface area (Å²) in [6.45, 7) is 1.78. The van der Waals surface area contributed by atoms with E-state index in [0.717, 1.165) is 6.42 Å². The van der Waals surface area contributed by atoms with Gasteiger partial charge in [0, 0.05) is 11.6 Å². The molecule has 7 nitrogen and oxygen atoms in total. The summed E-state index contributed by atoms with van der Waals surface area (Å²) in [5.41, 5.74) is 0.119. The van der Waals surface area contributed by atoms with Crippen LogP contribution in [0, 0.1) is 0 Å². The highest BCUT2D eigenvalue weighted by atomic mass is 35.5. The zero-order valence-electron chi connectivity index (χ0n) is 13.0. The minimum Gasteiger partial charge on any atom is -0.496 e. The number of benzene rings is 1. The van der Waals surface area contributed by atoms with Crippen LogP contribution >= 0.6 is 11.6 Å². The Morgan fingerprint density at radius 2 is 1.91 bits per heavy atom. The molecule has 2 amide bonds. The Labute approximate surface area is 139 Å². The van der Waals surface area contributed by atoms with Crippen molar-refractivity contribution in [3.05, 3.63) is 28.8 Å². The van der Waals surface area contributed by atoms with Crippen LogP contribution in [0.15, 0.2) is 18.2 Å². The maximum Gasteiger partial charge on any atom is 0.342 e. The molecule has 0 aliphatic rings. The summed E-state index contributed by atoms with van der Waals surface area (Å²) in [5.74, 6) is -1.33. The zero-order valence-corrected chi connectivity index (χ0v) is 13.7. The van der Waals surface area contributed by atoms with Gasteiger partial charge in [-0.3, -0.25) is 9.59 Å². The molecule has 1 aromatic carbocycles. The topological polar surface area (TPSA) is 93.7 Å². The fraction of sp³-hybridized carbons (Fsp3) is 0.400. The van der Waals surface area contributed by atoms with E-state index in [1.54, 1.807) is 6.07 Å². The summed E-state index contributed by atoms with van der Waals surface area (Å²) in [4.78, 5) is 34.8. The Kier molecular flexibility index (Phi) is 7.90. The molecule has 8 heteroatoms. The number of esters is 1. The lowest BCUT2D eigenvalue weighted by atomic mass is 10.2. The first-order valence-corrected chi connectivity index (χ1v) is 7.39. The zero-order chi connectivity index (χ0) is 17.2. The van der Waals surface area contributed by atoms with Crippen molar-refractivity contribution in [2.75, 3.05) is 26.8 Å². The van der Waals surface area contributed by atoms with Crippen LogP contribution in [0.2, 0.25) is 5.02 Å². The average molecular weight is 343 g/mol. The number of rotatable bonds is 8. The van der Waals surface area contributed by atoms with E-state index in [-0.39, 0.29) is 18.0 Å². The van der Waals surface area contributed by atoms with Crippen LogP contribution in [0.5, 0.6) is 5.75 Å². The smallest absolute Gasteiger partial charge is 0.342 e. The van der Waals surface area contributed by atoms with Crippen molar-refractivity contribution < 1.29 is 23.9 Å². The molecule has 0 radical (unpaired) electrons. The predicted molar refractivity (Wildman–Crippen MR) is 84.6 cm³/mol. The largest absolute Gasteiger partial charge is 0.496 e. The fourth-order valence-electron chi connectivity index (χ4n) is 1.61. The maximum atomic E-state index is 11.9. The van der Waals surface area contributed by atoms with Gasteiger partial charge < -0.3 is 20.1 Å². The number of hydrogen-bond acceptors (Lipinski definition) is 5. The molecule has 0 spiro atoms. The van der Waals surface area contributed by atoms with Crippen LogP contribution in [-0.2, 0) is 14.3 Å². The molecule has 1 rings (SSSR count). The molecular formula is C15H19ClN2O5. The van der Waals surface area contributed by atoms with E-state index in [2.05, 4.69) is 10.6 Å². The minimum absolute atomic E-state index is 0.119. The van der Waals surface area contributed by atoms with Crippen LogP contribution in [-0.4, -0.2) is 44.6 Å². The van der Waals surface area contributed by atoms with E-state index in [0.29, 0.717) is 17.3 Å². The molecule has 126 valence electrons. The van der Waals surface area contributed by atoms with Crippen molar-refractivity contribution in [3.8, 4) is 5.75 Å². The van der Waals surface area contributed by atoms with Crippen LogP contribution in [0.25, 0.3) is 0 Å². The molecule has 0 atom stereocenters. The normalized spacial score (nSPS) is 9.87. The molecule has 0 saturated heterocycles. The molecular weight excluding hydrogens is 324 g/mol. The molecule has 1 aromatic rings. The molecule has 0 bridgehead atoms. The summed E-state index contributed by atoms with van der Waals surface area (Å²) in [6.07, 6.45) is 0.804. The van der Waals surface area contributed by atoms with Gasteiger partial charge in [0.1, 0.15) is 11.3 Å². The fourth-order valence-corrected chi connectivity index (χ4v) is 1.78. The third kappa shape index (κ3) is 6.56. The Hall–Kier alpha value is -2.28. The first kappa shape index (κ1) is 18.8. The van der Waals surface area contributed by atoms with E-state index in [4.69, 9.17) is 21.1 Å². The number of carbonyl (C=O) groups excluding carboxylic acids is 3. The van der Waals surface area contributed by atoms with Gasteiger partial charge in [0.15, 0.2) is 6.61 Å². The van der Waals surface area contributed by atoms with Gasteiger partial charge in [-0.05, 0) is 24.6 Å². The Morgan fingerprint density at radius 3 is 2.57 bits per heavy atom. The maximum absolute atomic E-state index is 11.9. The third-order valence-electron chi connectivity index (χ3n) is 2.73. The van der Waals surface area contributed by atoms with E-state index in [9.17, 15) is 14.4 Å². The van der Waals surface area contributed by atoms with Gasteiger partial charge in [-0.2, -0.15) is 0 Å². The Morgan fingerprint density at radius 1 is 1.17 bits per heavy atom. The van der Waals surface area contributed by atoms with E-state index < -0.39 is 18.5 Å². The highest BCUT2D eigenvalue weighted by Crippen LogP contribution is 2.23. The standard InChI is InChI=1S/C15H19ClN2O5/c1-3-6-17-13(19)8-18-14(20)9-23-15(21)11-7-10(16)4-5-12(11)22-2/h4-5,7H,3,6,8-9H2,1-2H3,(H,17,19)(H,18,20). The summed E-state index contributed by atoms with van der Waals surface area (Å²) < 4.78 is 9.91. The molecule has 0 aromatic heterocycles. The first-order chi connectivity index (χ1) is 11.0. The highest BCUT2D eigenvalue weighted by molar-refractivity contribution is 6.31. The minimum atomic E-state index is -0.741. The lowest BCUT2D eigenvalue weighted by molar-refractivity contribution is -0.127. The number of halogens is 1. The van der Waals surface area contributed by atoms with E-state index in [1.807, 2.05) is 6.92 Å². The molecule has 0 heterocycles. The van der Waals surface area contributed by atoms with Crippen molar-refractivity contribution in [3.63, 3.8) is 0 Å². The average Bonchev–Trinajstić information content (AvgIpc) is 2.55. The van der Waals surface area contributed by atoms with Gasteiger partial charge >= 0.3 is 5.97 Å². The molecule has 0 aliphatic heterocycles. The Bertz CT molecular complexity index is 577. The SMILES string of the molecule is CCCNC(=O)CNC(=O)COC(=O)c1cc(Cl)ccc1OC. The molecule has 0 fully saturated rings. The van der Waals surface area contributed by atoms with Crippen LogP contribution in [0.4, 0.5) is 0 Å². The molecule has 0 saturated carbocycles. The van der Waals surface area contributed by atoms with Crippen LogP contribution in [0.3, 0.4) is 0 Å². The van der Waals surface area contributed by atoms with E-state index in [1.165, 1.54) is 19.2 Å². The lowest BCUT2D eigenvalue weighted by Crippen LogP contribution is -2.38. The van der Waals surface area contributed by atoms with Crippen molar-refractivity contribution in [2.24, 2.45) is 0 Å². The molecule has 0 aliphatic carbocycles. The van der Waals surface area contributed by atoms with Gasteiger partial charge in [0.05, 0.1) is 13.7 Å². The number of hydrogen-bond donors (Lipinski definition) is 2. The van der Waals surface area contributed by atoms with Gasteiger partial charge in [0.25, 0.3) is 5.91 Å². The monoisotopic (exact) mass is 342 g/mol. The second kappa shape index (κ2) is 9.68. The first-order valence-electron chi connectivity index (χ1n) is 7.02. The Balaban J connectivity index is 2.45. The number of amides is 2. The second-order valence-electron chi connectivity index (χ2n) is 4.55. The summed E-state index contributed by atoms with van der Waals surface area (Å²) >= 11 is 5.82. The summed E-state index contributed by atoms with van der Waals surface area (Å²) in [6, 6.07) is 4.48. The highest BCUT2D eigenvalue weighted by Gasteiger charge is 2.16. The number of ether oxygens (including phenoxy) is 2. The van der Waals surface area contributed by atoms with Crippen molar-refractivity contribution in [1.82, 2.24) is 10.6 Å². The van der Waals surface area contributed by atoms with Gasteiger partial charge in [-0.15, -0.1) is 0 Å². The van der Waals surface area contributed by atoms with Crippen LogP contribution < -0.4 is 15.4 Å². The summed E-state index contributed by atoms with van der Waals surface area (Å²) in [5, 5.41) is 5.30. The lowest BCUT2D eigenvalue weighted by Gasteiger charge is -2.09. The van der Waals surface area contributed by atoms with Gasteiger partial charge in [-0.25, -0.2) is 4.79 Å². The van der Waals surface area contributed by atoms with Crippen LogP contribution in [0.1, 0.15) is 23.7 Å². The van der Waals surface area contributed by atoms with Crippen molar-refractivity contribution in [1.29, 1.82) is 0 Å². The molecule has 2 N–H and O–H groups in total. The quantitative estimate of drug-likeness (QED) is 0.691. The van der Waals surface area contributed by atoms with E-state index >= 15 is 0 Å². The van der Waals surface area contributed by atoms with Gasteiger partial charge in [0.2, 0.25) is 5.91 Å².